The van der Waals surface area contributed by atoms with E-state index in [4.69, 9.17) is 32.7 Å². The number of halogens is 2. The van der Waals surface area contributed by atoms with Gasteiger partial charge in [0.15, 0.2) is 11.5 Å². The van der Waals surface area contributed by atoms with Crippen LogP contribution in [0.4, 0.5) is 0 Å². The van der Waals surface area contributed by atoms with Crippen LogP contribution in [0.25, 0.3) is 0 Å². The van der Waals surface area contributed by atoms with Gasteiger partial charge in [0.25, 0.3) is 5.91 Å². The zero-order valence-corrected chi connectivity index (χ0v) is 14.0. The van der Waals surface area contributed by atoms with E-state index in [1.54, 1.807) is 44.6 Å². The van der Waals surface area contributed by atoms with Crippen LogP contribution >= 0.6 is 23.2 Å². The molecular formula is C16H14Cl2N2O3. The summed E-state index contributed by atoms with van der Waals surface area (Å²) in [7, 11) is 3.11. The van der Waals surface area contributed by atoms with Crippen molar-refractivity contribution >= 4 is 35.3 Å². The summed E-state index contributed by atoms with van der Waals surface area (Å²) in [4.78, 5) is 12.0. The summed E-state index contributed by atoms with van der Waals surface area (Å²) in [5.74, 6) is 0.803. The van der Waals surface area contributed by atoms with Crippen LogP contribution in [0.15, 0.2) is 41.5 Å². The van der Waals surface area contributed by atoms with Crippen molar-refractivity contribution in [1.29, 1.82) is 0 Å². The molecule has 0 radical (unpaired) electrons. The van der Waals surface area contributed by atoms with Gasteiger partial charge in [0.2, 0.25) is 0 Å². The molecule has 120 valence electrons. The average molecular weight is 353 g/mol. The first kappa shape index (κ1) is 17.1. The molecule has 2 aromatic rings. The Labute approximate surface area is 143 Å². The van der Waals surface area contributed by atoms with Crippen LogP contribution in [-0.4, -0.2) is 26.3 Å². The Hall–Kier alpha value is -2.24. The summed E-state index contributed by atoms with van der Waals surface area (Å²) in [5.41, 5.74) is 3.53. The van der Waals surface area contributed by atoms with Gasteiger partial charge in [-0.25, -0.2) is 5.43 Å². The second-order valence-electron chi connectivity index (χ2n) is 4.44. The summed E-state index contributed by atoms with van der Waals surface area (Å²) in [6.07, 6.45) is 1.50. The average Bonchev–Trinajstić information content (AvgIpc) is 2.57. The molecule has 0 saturated carbocycles. The topological polar surface area (TPSA) is 59.9 Å². The zero-order chi connectivity index (χ0) is 16.8. The molecule has 0 aliphatic rings. The molecule has 2 rings (SSSR count). The number of methoxy groups -OCH3 is 2. The Morgan fingerprint density at radius 2 is 1.78 bits per heavy atom. The van der Waals surface area contributed by atoms with Crippen molar-refractivity contribution in [2.45, 2.75) is 0 Å². The molecule has 2 aromatic carbocycles. The van der Waals surface area contributed by atoms with Crippen molar-refractivity contribution < 1.29 is 14.3 Å². The summed E-state index contributed by atoms with van der Waals surface area (Å²) < 4.78 is 10.3. The third-order valence-electron chi connectivity index (χ3n) is 2.97. The van der Waals surface area contributed by atoms with Crippen molar-refractivity contribution in [3.63, 3.8) is 0 Å². The van der Waals surface area contributed by atoms with E-state index in [1.165, 1.54) is 12.3 Å². The van der Waals surface area contributed by atoms with Gasteiger partial charge in [-0.15, -0.1) is 0 Å². The first-order chi connectivity index (χ1) is 11.0. The van der Waals surface area contributed by atoms with E-state index in [0.29, 0.717) is 27.1 Å². The highest BCUT2D eigenvalue weighted by atomic mass is 35.5. The number of carbonyl (C=O) groups is 1. The van der Waals surface area contributed by atoms with E-state index in [0.717, 1.165) is 5.56 Å². The molecule has 1 amide bonds. The number of rotatable bonds is 5. The SMILES string of the molecule is COc1ccc(/C=N/NC(=O)c2ccc(Cl)c(Cl)c2)cc1OC. The molecule has 1 N–H and O–H groups in total. The zero-order valence-electron chi connectivity index (χ0n) is 12.5. The molecule has 0 heterocycles. The largest absolute Gasteiger partial charge is 0.493 e. The van der Waals surface area contributed by atoms with Gasteiger partial charge in [-0.1, -0.05) is 23.2 Å². The maximum absolute atomic E-state index is 12.0. The van der Waals surface area contributed by atoms with Gasteiger partial charge in [-0.2, -0.15) is 5.10 Å². The van der Waals surface area contributed by atoms with Crippen LogP contribution in [0.2, 0.25) is 10.0 Å². The third kappa shape index (κ3) is 4.37. The van der Waals surface area contributed by atoms with Crippen LogP contribution in [0.1, 0.15) is 15.9 Å². The number of nitrogens with one attached hydrogen (secondary N) is 1. The Balaban J connectivity index is 2.06. The van der Waals surface area contributed by atoms with Gasteiger partial charge in [0.05, 0.1) is 30.5 Å². The van der Waals surface area contributed by atoms with Crippen molar-refractivity contribution in [3.05, 3.63) is 57.6 Å². The molecule has 0 spiro atoms. The van der Waals surface area contributed by atoms with E-state index in [2.05, 4.69) is 10.5 Å². The van der Waals surface area contributed by atoms with Gasteiger partial charge in [0, 0.05) is 5.56 Å². The monoisotopic (exact) mass is 352 g/mol. The standard InChI is InChI=1S/C16H14Cl2N2O3/c1-22-14-6-3-10(7-15(14)23-2)9-19-20-16(21)11-4-5-12(17)13(18)8-11/h3-9H,1-2H3,(H,20,21)/b19-9+. The number of carbonyl (C=O) groups excluding carboxylic acids is 1. The predicted molar refractivity (Wildman–Crippen MR) is 91.1 cm³/mol. The molecule has 0 aliphatic heterocycles. The maximum Gasteiger partial charge on any atom is 0.271 e. The molecule has 0 bridgehead atoms. The smallest absolute Gasteiger partial charge is 0.271 e. The Kier molecular flexibility index (Phi) is 5.84. The van der Waals surface area contributed by atoms with E-state index >= 15 is 0 Å². The number of amides is 1. The van der Waals surface area contributed by atoms with E-state index in [1.807, 2.05) is 0 Å². The van der Waals surface area contributed by atoms with E-state index < -0.39 is 0 Å². The number of hydrazone groups is 1. The van der Waals surface area contributed by atoms with Crippen LogP contribution in [0, 0.1) is 0 Å². The van der Waals surface area contributed by atoms with Crippen molar-refractivity contribution in [2.24, 2.45) is 5.10 Å². The molecule has 0 unspecified atom stereocenters. The molecule has 0 atom stereocenters. The lowest BCUT2D eigenvalue weighted by molar-refractivity contribution is 0.0955. The van der Waals surface area contributed by atoms with Gasteiger partial charge >= 0.3 is 0 Å². The summed E-state index contributed by atoms with van der Waals surface area (Å²) in [6, 6.07) is 9.88. The quantitative estimate of drug-likeness (QED) is 0.658. The molecule has 0 fully saturated rings. The fraction of sp³-hybridized carbons (Fsp3) is 0.125. The van der Waals surface area contributed by atoms with Gasteiger partial charge < -0.3 is 9.47 Å². The summed E-state index contributed by atoms with van der Waals surface area (Å²) in [6.45, 7) is 0. The molecule has 0 aliphatic carbocycles. The Morgan fingerprint density at radius 3 is 2.43 bits per heavy atom. The molecule has 0 aromatic heterocycles. The van der Waals surface area contributed by atoms with Crippen LogP contribution in [-0.2, 0) is 0 Å². The van der Waals surface area contributed by atoms with Gasteiger partial charge in [0.1, 0.15) is 0 Å². The fourth-order valence-corrected chi connectivity index (χ4v) is 2.10. The van der Waals surface area contributed by atoms with E-state index in [9.17, 15) is 4.79 Å². The lowest BCUT2D eigenvalue weighted by Gasteiger charge is -2.07. The Bertz CT molecular complexity index is 748. The fourth-order valence-electron chi connectivity index (χ4n) is 1.80. The van der Waals surface area contributed by atoms with Crippen LogP contribution in [0.3, 0.4) is 0 Å². The van der Waals surface area contributed by atoms with Crippen LogP contribution < -0.4 is 14.9 Å². The number of nitrogens with zero attached hydrogens (tertiary/aromatic N) is 1. The van der Waals surface area contributed by atoms with Crippen LogP contribution in [0.5, 0.6) is 11.5 Å². The lowest BCUT2D eigenvalue weighted by atomic mass is 10.2. The predicted octanol–water partition coefficient (Wildman–Crippen LogP) is 3.77. The Morgan fingerprint density at radius 1 is 1.04 bits per heavy atom. The van der Waals surface area contributed by atoms with Gasteiger partial charge in [-0.3, -0.25) is 4.79 Å². The molecule has 7 heteroatoms. The molecule has 0 saturated heterocycles. The second-order valence-corrected chi connectivity index (χ2v) is 5.26. The normalized spacial score (nSPS) is 10.6. The highest BCUT2D eigenvalue weighted by molar-refractivity contribution is 6.42. The van der Waals surface area contributed by atoms with E-state index in [-0.39, 0.29) is 5.91 Å². The van der Waals surface area contributed by atoms with Gasteiger partial charge in [-0.05, 0) is 42.0 Å². The highest BCUT2D eigenvalue weighted by Crippen LogP contribution is 2.26. The number of hydrogen-bond acceptors (Lipinski definition) is 4. The second kappa shape index (κ2) is 7.85. The molecule has 23 heavy (non-hydrogen) atoms. The number of ether oxygens (including phenoxy) is 2. The minimum absolute atomic E-state index is 0.309. The number of benzene rings is 2. The summed E-state index contributed by atoms with van der Waals surface area (Å²) >= 11 is 11.7. The van der Waals surface area contributed by atoms with Crippen molar-refractivity contribution in [2.75, 3.05) is 14.2 Å². The van der Waals surface area contributed by atoms with Crippen molar-refractivity contribution in [1.82, 2.24) is 5.43 Å². The molecular weight excluding hydrogens is 339 g/mol. The number of hydrogen-bond donors (Lipinski definition) is 1. The lowest BCUT2D eigenvalue weighted by Crippen LogP contribution is -2.17. The first-order valence-corrected chi connectivity index (χ1v) is 7.31. The highest BCUT2D eigenvalue weighted by Gasteiger charge is 2.07. The minimum Gasteiger partial charge on any atom is -0.493 e. The maximum atomic E-state index is 12.0. The first-order valence-electron chi connectivity index (χ1n) is 6.55. The summed E-state index contributed by atoms with van der Waals surface area (Å²) in [5, 5.41) is 4.60. The molecule has 5 nitrogen and oxygen atoms in total. The van der Waals surface area contributed by atoms with Crippen molar-refractivity contribution in [3.8, 4) is 11.5 Å². The third-order valence-corrected chi connectivity index (χ3v) is 3.71. The minimum atomic E-state index is -0.389.